The third-order valence-corrected chi connectivity index (χ3v) is 2.42. The van der Waals surface area contributed by atoms with Gasteiger partial charge in [0.15, 0.2) is 0 Å². The van der Waals surface area contributed by atoms with Crippen molar-refractivity contribution in [3.8, 4) is 0 Å². The number of nitrogens with two attached hydrogens (primary N) is 1. The molecule has 3 N–H and O–H groups in total. The number of aryl methyl sites for hydroxylation is 1. The van der Waals surface area contributed by atoms with Crippen molar-refractivity contribution >= 4 is 0 Å². The number of ether oxygens (including phenoxy) is 1. The molecule has 0 aliphatic rings. The highest BCUT2D eigenvalue weighted by Gasteiger charge is 2.12. The summed E-state index contributed by atoms with van der Waals surface area (Å²) in [6.07, 6.45) is 3.70. The third-order valence-electron chi connectivity index (χ3n) is 2.42. The van der Waals surface area contributed by atoms with E-state index in [2.05, 4.69) is 10.4 Å². The fourth-order valence-corrected chi connectivity index (χ4v) is 1.59. The summed E-state index contributed by atoms with van der Waals surface area (Å²) in [6.45, 7) is 2.80. The quantitative estimate of drug-likeness (QED) is 0.421. The van der Waals surface area contributed by atoms with E-state index in [1.807, 2.05) is 19.1 Å². The first-order chi connectivity index (χ1) is 7.29. The molecule has 15 heavy (non-hydrogen) atoms. The second-order valence-electron chi connectivity index (χ2n) is 3.56. The molecule has 4 heteroatoms. The number of hydrogen-bond acceptors (Lipinski definition) is 4. The van der Waals surface area contributed by atoms with Crippen LogP contribution in [0.3, 0.4) is 0 Å². The van der Waals surface area contributed by atoms with Crippen LogP contribution in [-0.4, -0.2) is 18.7 Å². The van der Waals surface area contributed by atoms with Crippen molar-refractivity contribution in [1.29, 1.82) is 0 Å². The molecule has 1 aromatic heterocycles. The molecule has 1 atom stereocenters. The molecule has 1 heterocycles. The molecule has 1 aromatic rings. The first-order valence-electron chi connectivity index (χ1n) is 5.16. The lowest BCUT2D eigenvalue weighted by Gasteiger charge is -2.16. The smallest absolute Gasteiger partial charge is 0.0635 e. The maximum absolute atomic E-state index is 5.53. The van der Waals surface area contributed by atoms with E-state index in [-0.39, 0.29) is 6.04 Å². The lowest BCUT2D eigenvalue weighted by Crippen LogP contribution is -2.29. The van der Waals surface area contributed by atoms with Gasteiger partial charge in [0.1, 0.15) is 0 Å². The van der Waals surface area contributed by atoms with Crippen molar-refractivity contribution in [3.63, 3.8) is 0 Å². The van der Waals surface area contributed by atoms with E-state index >= 15 is 0 Å². The van der Waals surface area contributed by atoms with Gasteiger partial charge in [-0.1, -0.05) is 6.07 Å². The molecule has 0 saturated heterocycles. The highest BCUT2D eigenvalue weighted by Crippen LogP contribution is 2.18. The average Bonchev–Trinajstić information content (AvgIpc) is 2.26. The lowest BCUT2D eigenvalue weighted by molar-refractivity contribution is 0.188. The first kappa shape index (κ1) is 12.1. The number of aromatic nitrogens is 1. The molecule has 0 fully saturated rings. The molecule has 0 radical (unpaired) electrons. The summed E-state index contributed by atoms with van der Waals surface area (Å²) in [5.41, 5.74) is 4.99. The maximum Gasteiger partial charge on any atom is 0.0635 e. The second-order valence-corrected chi connectivity index (χ2v) is 3.56. The maximum atomic E-state index is 5.53. The van der Waals surface area contributed by atoms with Crippen LogP contribution in [0.15, 0.2) is 18.3 Å². The van der Waals surface area contributed by atoms with E-state index in [1.165, 1.54) is 0 Å². The topological polar surface area (TPSA) is 60.2 Å². The molecule has 4 nitrogen and oxygen atoms in total. The molecule has 1 unspecified atom stereocenters. The van der Waals surface area contributed by atoms with Crippen molar-refractivity contribution in [2.24, 2.45) is 5.84 Å². The van der Waals surface area contributed by atoms with Gasteiger partial charge in [-0.05, 0) is 31.4 Å². The number of rotatable bonds is 6. The summed E-state index contributed by atoms with van der Waals surface area (Å²) in [7, 11) is 1.71. The Hall–Kier alpha value is -0.970. The van der Waals surface area contributed by atoms with Crippen LogP contribution in [0.4, 0.5) is 0 Å². The van der Waals surface area contributed by atoms with Gasteiger partial charge in [0.25, 0.3) is 0 Å². The number of nitrogens with zero attached hydrogens (tertiary/aromatic N) is 1. The molecule has 0 amide bonds. The van der Waals surface area contributed by atoms with E-state index < -0.39 is 0 Å². The monoisotopic (exact) mass is 209 g/mol. The fraction of sp³-hybridized carbons (Fsp3) is 0.545. The van der Waals surface area contributed by atoms with Crippen molar-refractivity contribution < 1.29 is 4.74 Å². The van der Waals surface area contributed by atoms with Crippen LogP contribution in [0.1, 0.15) is 30.1 Å². The van der Waals surface area contributed by atoms with Gasteiger partial charge in [-0.15, -0.1) is 0 Å². The molecular formula is C11H19N3O. The van der Waals surface area contributed by atoms with Gasteiger partial charge < -0.3 is 4.74 Å². The number of hydrogen-bond donors (Lipinski definition) is 2. The Morgan fingerprint density at radius 2 is 2.40 bits per heavy atom. The van der Waals surface area contributed by atoms with Crippen LogP contribution in [0.25, 0.3) is 0 Å². The van der Waals surface area contributed by atoms with Crippen LogP contribution in [0.2, 0.25) is 0 Å². The van der Waals surface area contributed by atoms with Gasteiger partial charge in [0, 0.05) is 19.9 Å². The van der Waals surface area contributed by atoms with Crippen molar-refractivity contribution in [3.05, 3.63) is 29.6 Å². The Balaban J connectivity index is 2.61. The zero-order valence-corrected chi connectivity index (χ0v) is 9.36. The summed E-state index contributed by atoms with van der Waals surface area (Å²) in [4.78, 5) is 4.34. The fourth-order valence-electron chi connectivity index (χ4n) is 1.59. The van der Waals surface area contributed by atoms with E-state index in [0.29, 0.717) is 0 Å². The van der Waals surface area contributed by atoms with Gasteiger partial charge >= 0.3 is 0 Å². The number of pyridine rings is 1. The van der Waals surface area contributed by atoms with Crippen LogP contribution in [0, 0.1) is 6.92 Å². The van der Waals surface area contributed by atoms with E-state index in [1.54, 1.807) is 13.3 Å². The van der Waals surface area contributed by atoms with E-state index in [0.717, 1.165) is 30.7 Å². The number of methoxy groups -OCH3 is 1. The standard InChI is InChI=1S/C11H19N3O/c1-9-5-3-7-13-11(9)10(14-12)6-4-8-15-2/h3,5,7,10,14H,4,6,8,12H2,1-2H3. The van der Waals surface area contributed by atoms with Crippen LogP contribution in [0.5, 0.6) is 0 Å². The summed E-state index contributed by atoms with van der Waals surface area (Å²) >= 11 is 0. The molecule has 0 aliphatic heterocycles. The predicted octanol–water partition coefficient (Wildman–Crippen LogP) is 1.32. The molecule has 0 bridgehead atoms. The Kier molecular flexibility index (Phi) is 5.25. The average molecular weight is 209 g/mol. The zero-order chi connectivity index (χ0) is 11.1. The van der Waals surface area contributed by atoms with Crippen LogP contribution >= 0.6 is 0 Å². The van der Waals surface area contributed by atoms with Gasteiger partial charge in [-0.3, -0.25) is 16.3 Å². The van der Waals surface area contributed by atoms with E-state index in [4.69, 9.17) is 10.6 Å². The highest BCUT2D eigenvalue weighted by atomic mass is 16.5. The minimum Gasteiger partial charge on any atom is -0.385 e. The molecule has 84 valence electrons. The zero-order valence-electron chi connectivity index (χ0n) is 9.36. The Morgan fingerprint density at radius 1 is 1.60 bits per heavy atom. The SMILES string of the molecule is COCCCC(NN)c1ncccc1C. The van der Waals surface area contributed by atoms with Gasteiger partial charge in [-0.2, -0.15) is 0 Å². The highest BCUT2D eigenvalue weighted by molar-refractivity contribution is 5.20. The van der Waals surface area contributed by atoms with Gasteiger partial charge in [0.05, 0.1) is 11.7 Å². The minimum atomic E-state index is 0.112. The normalized spacial score (nSPS) is 12.7. The van der Waals surface area contributed by atoms with Gasteiger partial charge in [-0.25, -0.2) is 0 Å². The van der Waals surface area contributed by atoms with Crippen LogP contribution in [-0.2, 0) is 4.74 Å². The molecule has 1 rings (SSSR count). The van der Waals surface area contributed by atoms with Crippen LogP contribution < -0.4 is 11.3 Å². The minimum absolute atomic E-state index is 0.112. The summed E-state index contributed by atoms with van der Waals surface area (Å²) in [5.74, 6) is 5.53. The molecule has 0 aliphatic carbocycles. The third kappa shape index (κ3) is 3.58. The van der Waals surface area contributed by atoms with Gasteiger partial charge in [0.2, 0.25) is 0 Å². The van der Waals surface area contributed by atoms with Crippen molar-refractivity contribution in [1.82, 2.24) is 10.4 Å². The summed E-state index contributed by atoms with van der Waals surface area (Å²) < 4.78 is 5.01. The molecule has 0 spiro atoms. The Morgan fingerprint density at radius 3 is 3.00 bits per heavy atom. The number of nitrogens with one attached hydrogen (secondary N) is 1. The lowest BCUT2D eigenvalue weighted by atomic mass is 10.0. The number of hydrazine groups is 1. The Labute approximate surface area is 90.8 Å². The largest absolute Gasteiger partial charge is 0.385 e. The second kappa shape index (κ2) is 6.50. The van der Waals surface area contributed by atoms with Crippen molar-refractivity contribution in [2.45, 2.75) is 25.8 Å². The molecule has 0 aromatic carbocycles. The van der Waals surface area contributed by atoms with Crippen molar-refractivity contribution in [2.75, 3.05) is 13.7 Å². The summed E-state index contributed by atoms with van der Waals surface area (Å²) in [6, 6.07) is 4.09. The van der Waals surface area contributed by atoms with E-state index in [9.17, 15) is 0 Å². The first-order valence-corrected chi connectivity index (χ1v) is 5.16. The molecular weight excluding hydrogens is 190 g/mol. The predicted molar refractivity (Wildman–Crippen MR) is 60.1 cm³/mol. The Bertz CT molecular complexity index is 291. The summed E-state index contributed by atoms with van der Waals surface area (Å²) in [5, 5.41) is 0. The molecule has 0 saturated carbocycles.